The molecule has 3 amide bonds. The van der Waals surface area contributed by atoms with Crippen molar-refractivity contribution in [2.45, 2.75) is 116 Å². The first-order valence-electron chi connectivity index (χ1n) is 19.4. The van der Waals surface area contributed by atoms with E-state index in [1.165, 1.54) is 26.2 Å². The molecule has 310 valence electrons. The number of carboxylic acids is 1. The second-order valence-electron chi connectivity index (χ2n) is 15.5. The lowest BCUT2D eigenvalue weighted by Gasteiger charge is -2.40. The summed E-state index contributed by atoms with van der Waals surface area (Å²) in [6.07, 6.45) is 0.117. The molecule has 0 aromatic heterocycles. The van der Waals surface area contributed by atoms with Gasteiger partial charge in [-0.25, -0.2) is 0 Å². The number of rotatable bonds is 23. The minimum absolute atomic E-state index is 0.0391. The summed E-state index contributed by atoms with van der Waals surface area (Å²) in [5, 5.41) is 12.4. The van der Waals surface area contributed by atoms with Gasteiger partial charge in [0.05, 0.1) is 56.2 Å². The monoisotopic (exact) mass is 774 g/mol. The van der Waals surface area contributed by atoms with E-state index in [0.29, 0.717) is 32.2 Å². The van der Waals surface area contributed by atoms with E-state index < -0.39 is 78.4 Å². The molecule has 1 aliphatic heterocycles. The summed E-state index contributed by atoms with van der Waals surface area (Å²) in [4.78, 5) is 84.8. The number of Topliss-reactive ketones (excluding diaryl/α,β-unsaturated/α-hetero) is 1. The third-order valence-electron chi connectivity index (χ3n) is 11.1. The van der Waals surface area contributed by atoms with Crippen LogP contribution in [0.1, 0.15) is 78.7 Å². The van der Waals surface area contributed by atoms with Crippen LogP contribution in [0, 0.1) is 23.7 Å². The molecule has 1 aromatic rings. The highest BCUT2D eigenvalue weighted by molar-refractivity contribution is 5.92. The number of carbonyl (C=O) groups is 6. The molecular weight excluding hydrogens is 708 g/mol. The van der Waals surface area contributed by atoms with Crippen molar-refractivity contribution < 1.29 is 48.1 Å². The minimum atomic E-state index is -1.34. The average Bonchev–Trinajstić information content (AvgIpc) is 3.62. The molecular formula is C41H66N4O10. The van der Waals surface area contributed by atoms with Gasteiger partial charge in [-0.05, 0) is 50.8 Å². The first-order valence-corrected chi connectivity index (χ1v) is 19.4. The van der Waals surface area contributed by atoms with Crippen LogP contribution >= 0.6 is 0 Å². The van der Waals surface area contributed by atoms with E-state index in [2.05, 4.69) is 5.32 Å². The lowest BCUT2D eigenvalue weighted by Crippen LogP contribution is -2.59. The molecule has 0 aliphatic carbocycles. The predicted octanol–water partition coefficient (Wildman–Crippen LogP) is 3.44. The number of likely N-dealkylation sites (N-methyl/N-ethyl adjacent to an activating group) is 2. The van der Waals surface area contributed by atoms with Crippen molar-refractivity contribution >= 4 is 35.4 Å². The van der Waals surface area contributed by atoms with Crippen molar-refractivity contribution in [2.24, 2.45) is 23.7 Å². The largest absolute Gasteiger partial charge is 0.481 e. The SMILES string of the molecule is CC[C@H](C)[C@@H]([C@@H](CC(=O)N1CCC[C@H]1[C@H](OC)[C@@H](C)C(=O)C[C@@H](Cc1ccccc1)C(=O)OC)OC)N(C)C(=O)[C@H](CC(=O)O)NC(=O)[C@H](C(C)C)N(C)C. The van der Waals surface area contributed by atoms with Crippen LogP contribution in [0.3, 0.4) is 0 Å². The summed E-state index contributed by atoms with van der Waals surface area (Å²) in [5.41, 5.74) is 0.913. The zero-order chi connectivity index (χ0) is 41.6. The Morgan fingerprint density at radius 2 is 1.56 bits per heavy atom. The maximum atomic E-state index is 14.2. The Morgan fingerprint density at radius 1 is 0.927 bits per heavy atom. The highest BCUT2D eigenvalue weighted by Gasteiger charge is 2.43. The molecule has 0 saturated carbocycles. The van der Waals surface area contributed by atoms with Crippen molar-refractivity contribution in [3.05, 3.63) is 35.9 Å². The number of benzene rings is 1. The molecule has 1 saturated heterocycles. The van der Waals surface area contributed by atoms with Gasteiger partial charge in [0.1, 0.15) is 11.8 Å². The van der Waals surface area contributed by atoms with E-state index in [-0.39, 0.29) is 36.4 Å². The molecule has 1 aromatic carbocycles. The van der Waals surface area contributed by atoms with E-state index in [4.69, 9.17) is 14.2 Å². The second-order valence-corrected chi connectivity index (χ2v) is 15.5. The van der Waals surface area contributed by atoms with E-state index in [0.717, 1.165) is 5.56 Å². The van der Waals surface area contributed by atoms with Crippen LogP contribution < -0.4 is 5.32 Å². The van der Waals surface area contributed by atoms with Gasteiger partial charge < -0.3 is 34.4 Å². The smallest absolute Gasteiger partial charge is 0.309 e. The van der Waals surface area contributed by atoms with Crippen molar-refractivity contribution in [3.8, 4) is 0 Å². The van der Waals surface area contributed by atoms with Crippen LogP contribution in [0.2, 0.25) is 0 Å². The summed E-state index contributed by atoms with van der Waals surface area (Å²) in [6.45, 7) is 9.83. The number of nitrogens with one attached hydrogen (secondary N) is 1. The quantitative estimate of drug-likeness (QED) is 0.156. The highest BCUT2D eigenvalue weighted by Crippen LogP contribution is 2.31. The molecule has 14 nitrogen and oxygen atoms in total. The van der Waals surface area contributed by atoms with E-state index in [1.807, 2.05) is 58.0 Å². The Hall–Kier alpha value is -3.88. The Bertz CT molecular complexity index is 1410. The van der Waals surface area contributed by atoms with Crippen molar-refractivity contribution in [2.75, 3.05) is 49.0 Å². The number of nitrogens with zero attached hydrogens (tertiary/aromatic N) is 3. The molecule has 0 spiro atoms. The maximum Gasteiger partial charge on any atom is 0.309 e. The van der Waals surface area contributed by atoms with Gasteiger partial charge in [0, 0.05) is 40.2 Å². The zero-order valence-electron chi connectivity index (χ0n) is 34.8. The van der Waals surface area contributed by atoms with Gasteiger partial charge in [0.2, 0.25) is 17.7 Å². The summed E-state index contributed by atoms with van der Waals surface area (Å²) in [5.74, 6) is -4.74. The second kappa shape index (κ2) is 22.6. The summed E-state index contributed by atoms with van der Waals surface area (Å²) in [7, 11) is 9.34. The number of hydrogen-bond acceptors (Lipinski definition) is 10. The molecule has 1 aliphatic rings. The number of esters is 1. The molecule has 9 atom stereocenters. The van der Waals surface area contributed by atoms with Gasteiger partial charge in [-0.3, -0.25) is 33.7 Å². The van der Waals surface area contributed by atoms with Gasteiger partial charge in [0.25, 0.3) is 0 Å². The fourth-order valence-electron chi connectivity index (χ4n) is 8.08. The van der Waals surface area contributed by atoms with Gasteiger partial charge in [-0.1, -0.05) is 71.4 Å². The number of ether oxygens (including phenoxy) is 3. The molecule has 0 radical (unpaired) electrons. The molecule has 2 rings (SSSR count). The molecule has 0 bridgehead atoms. The molecule has 55 heavy (non-hydrogen) atoms. The first-order chi connectivity index (χ1) is 25.9. The number of carboxylic acid groups (broad SMARTS) is 1. The Balaban J connectivity index is 2.30. The molecule has 1 heterocycles. The fourth-order valence-corrected chi connectivity index (χ4v) is 8.08. The number of amides is 3. The van der Waals surface area contributed by atoms with Gasteiger partial charge in [-0.15, -0.1) is 0 Å². The van der Waals surface area contributed by atoms with Gasteiger partial charge in [0.15, 0.2) is 0 Å². The van der Waals surface area contributed by atoms with E-state index in [1.54, 1.807) is 37.9 Å². The van der Waals surface area contributed by atoms with Crippen LogP contribution in [0.25, 0.3) is 0 Å². The number of aliphatic carboxylic acids is 1. The number of likely N-dealkylation sites (tertiary alicyclic amines) is 1. The third kappa shape index (κ3) is 13.1. The average molecular weight is 775 g/mol. The predicted molar refractivity (Wildman–Crippen MR) is 208 cm³/mol. The van der Waals surface area contributed by atoms with Crippen LogP contribution in [-0.4, -0.2) is 141 Å². The Kier molecular flexibility index (Phi) is 19.4. The highest BCUT2D eigenvalue weighted by atomic mass is 16.5. The molecule has 14 heteroatoms. The van der Waals surface area contributed by atoms with Crippen LogP contribution in [0.4, 0.5) is 0 Å². The van der Waals surface area contributed by atoms with Crippen LogP contribution in [-0.2, 0) is 49.4 Å². The zero-order valence-corrected chi connectivity index (χ0v) is 34.8. The van der Waals surface area contributed by atoms with E-state index in [9.17, 15) is 33.9 Å². The number of ketones is 1. The Morgan fingerprint density at radius 3 is 2.07 bits per heavy atom. The lowest BCUT2D eigenvalue weighted by molar-refractivity contribution is -0.149. The summed E-state index contributed by atoms with van der Waals surface area (Å²) >= 11 is 0. The third-order valence-corrected chi connectivity index (χ3v) is 11.1. The number of methoxy groups -OCH3 is 3. The molecule has 0 unspecified atom stereocenters. The molecule has 2 N–H and O–H groups in total. The fraction of sp³-hybridized carbons (Fsp3) is 0.707. The van der Waals surface area contributed by atoms with Crippen molar-refractivity contribution in [1.82, 2.24) is 20.0 Å². The maximum absolute atomic E-state index is 14.2. The van der Waals surface area contributed by atoms with Crippen LogP contribution in [0.15, 0.2) is 30.3 Å². The molecule has 1 fully saturated rings. The number of hydrogen-bond donors (Lipinski definition) is 2. The minimum Gasteiger partial charge on any atom is -0.481 e. The van der Waals surface area contributed by atoms with Crippen LogP contribution in [0.5, 0.6) is 0 Å². The normalized spacial score (nSPS) is 18.8. The first kappa shape index (κ1) is 47.3. The van der Waals surface area contributed by atoms with Crippen molar-refractivity contribution in [3.63, 3.8) is 0 Å². The summed E-state index contributed by atoms with van der Waals surface area (Å²) in [6, 6.07) is 6.45. The van der Waals surface area contributed by atoms with Gasteiger partial charge in [-0.2, -0.15) is 0 Å². The number of carbonyl (C=O) groups excluding carboxylic acids is 5. The lowest BCUT2D eigenvalue weighted by atomic mass is 9.85. The van der Waals surface area contributed by atoms with E-state index >= 15 is 0 Å². The summed E-state index contributed by atoms with van der Waals surface area (Å²) < 4.78 is 16.9. The topological polar surface area (TPSA) is 172 Å². The van der Waals surface area contributed by atoms with Gasteiger partial charge >= 0.3 is 11.9 Å². The Labute approximate surface area is 327 Å². The standard InChI is InChI=1S/C41H66N4O10/c1-12-26(4)37(44(8)40(51)30(23-35(48)49)42-39(50)36(25(2)3)43(6)7)33(53-9)24-34(47)45-20-16-19-31(45)38(54-10)27(5)32(46)22-29(41(52)55-11)21-28-17-14-13-15-18-28/h13-15,17-18,25-27,29-31,33,36-38H,12,16,19-24H2,1-11H3,(H,42,50)(H,48,49)/t26-,27-,29+,30-,31-,33+,36-,37-,38+/m0/s1. The van der Waals surface area contributed by atoms with Crippen molar-refractivity contribution in [1.29, 1.82) is 0 Å².